The van der Waals surface area contributed by atoms with Crippen molar-refractivity contribution < 1.29 is 0 Å². The molecule has 7 nitrogen and oxygen atoms in total. The molecule has 7 heteroatoms. The summed E-state index contributed by atoms with van der Waals surface area (Å²) in [5.41, 5.74) is 5.63. The van der Waals surface area contributed by atoms with E-state index in [1.54, 1.807) is 0 Å². The third-order valence-corrected chi connectivity index (χ3v) is 1.57. The Balaban J connectivity index is 2.58. The lowest BCUT2D eigenvalue weighted by molar-refractivity contribution is 0.831. The molecule has 0 saturated heterocycles. The molecule has 0 radical (unpaired) electrons. The Morgan fingerprint density at radius 1 is 1.36 bits per heavy atom. The van der Waals surface area contributed by atoms with Crippen molar-refractivity contribution in [3.63, 3.8) is 0 Å². The molecule has 70 valence electrons. The van der Waals surface area contributed by atoms with Gasteiger partial charge in [0.2, 0.25) is 0 Å². The van der Waals surface area contributed by atoms with Crippen molar-refractivity contribution in [2.45, 2.75) is 0 Å². The number of aromatic nitrogens is 5. The lowest BCUT2D eigenvalue weighted by atomic mass is 10.4. The normalized spacial score (nSPS) is 10.0. The number of nitrogen functional groups attached to an aromatic ring is 1. The second kappa shape index (κ2) is 3.21. The van der Waals surface area contributed by atoms with Gasteiger partial charge < -0.3 is 5.73 Å². The van der Waals surface area contributed by atoms with E-state index in [1.807, 2.05) is 0 Å². The van der Waals surface area contributed by atoms with E-state index in [1.165, 1.54) is 29.7 Å². The number of amidine groups is 1. The van der Waals surface area contributed by atoms with Gasteiger partial charge in [0.05, 0.1) is 0 Å². The molecule has 2 heterocycles. The zero-order chi connectivity index (χ0) is 9.97. The van der Waals surface area contributed by atoms with Gasteiger partial charge in [0.1, 0.15) is 24.2 Å². The van der Waals surface area contributed by atoms with E-state index in [2.05, 4.69) is 20.1 Å². The van der Waals surface area contributed by atoms with Crippen molar-refractivity contribution in [1.82, 2.24) is 24.7 Å². The molecule has 0 spiro atoms. The summed E-state index contributed by atoms with van der Waals surface area (Å²) in [6.45, 7) is 0. The fourth-order valence-corrected chi connectivity index (χ4v) is 1.01. The van der Waals surface area contributed by atoms with Gasteiger partial charge in [0.25, 0.3) is 0 Å². The number of hydrogen-bond acceptors (Lipinski definition) is 5. The predicted molar refractivity (Wildman–Crippen MR) is 48.0 cm³/mol. The van der Waals surface area contributed by atoms with E-state index < -0.39 is 0 Å². The summed E-state index contributed by atoms with van der Waals surface area (Å²) in [5.74, 6) is 0.251. The van der Waals surface area contributed by atoms with Crippen LogP contribution in [0.2, 0.25) is 0 Å². The molecular weight excluding hydrogens is 182 g/mol. The molecular formula is C7H7N7. The first kappa shape index (κ1) is 8.30. The maximum absolute atomic E-state index is 7.29. The van der Waals surface area contributed by atoms with Crippen molar-refractivity contribution in [3.8, 4) is 5.82 Å². The molecule has 0 aliphatic heterocycles. The highest BCUT2D eigenvalue weighted by molar-refractivity contribution is 5.95. The highest BCUT2D eigenvalue weighted by atomic mass is 15.3. The third kappa shape index (κ3) is 1.30. The van der Waals surface area contributed by atoms with Crippen LogP contribution in [0.1, 0.15) is 5.69 Å². The number of nitrogens with zero attached hydrogens (tertiary/aromatic N) is 5. The molecule has 0 aliphatic carbocycles. The first-order valence-electron chi connectivity index (χ1n) is 3.79. The molecule has 0 atom stereocenters. The summed E-state index contributed by atoms with van der Waals surface area (Å²) in [4.78, 5) is 11.7. The van der Waals surface area contributed by atoms with Gasteiger partial charge in [0, 0.05) is 12.4 Å². The van der Waals surface area contributed by atoms with Crippen LogP contribution >= 0.6 is 0 Å². The minimum absolute atomic E-state index is 0.149. The van der Waals surface area contributed by atoms with Gasteiger partial charge >= 0.3 is 0 Å². The second-order valence-electron chi connectivity index (χ2n) is 2.48. The minimum atomic E-state index is -0.149. The molecule has 0 amide bonds. The van der Waals surface area contributed by atoms with Gasteiger partial charge in [-0.3, -0.25) is 5.41 Å². The SMILES string of the molecule is N=C(N)c1nccnc1-n1cncn1. The molecule has 0 aliphatic rings. The summed E-state index contributed by atoms with van der Waals surface area (Å²) in [7, 11) is 0. The smallest absolute Gasteiger partial charge is 0.184 e. The summed E-state index contributed by atoms with van der Waals surface area (Å²) in [5, 5.41) is 11.2. The third-order valence-electron chi connectivity index (χ3n) is 1.57. The predicted octanol–water partition coefficient (Wildman–Crippen LogP) is -0.659. The Labute approximate surface area is 79.1 Å². The molecule has 14 heavy (non-hydrogen) atoms. The second-order valence-corrected chi connectivity index (χ2v) is 2.48. The number of rotatable bonds is 2. The Morgan fingerprint density at radius 2 is 2.14 bits per heavy atom. The molecule has 0 unspecified atom stereocenters. The quantitative estimate of drug-likeness (QED) is 0.481. The molecule has 0 fully saturated rings. The van der Waals surface area contributed by atoms with E-state index >= 15 is 0 Å². The van der Waals surface area contributed by atoms with Crippen LogP contribution in [0.3, 0.4) is 0 Å². The molecule has 3 N–H and O–H groups in total. The molecule has 0 saturated carbocycles. The van der Waals surface area contributed by atoms with E-state index in [9.17, 15) is 0 Å². The van der Waals surface area contributed by atoms with Crippen molar-refractivity contribution in [1.29, 1.82) is 5.41 Å². The minimum Gasteiger partial charge on any atom is -0.382 e. The fraction of sp³-hybridized carbons (Fsp3) is 0. The Hall–Kier alpha value is -2.31. The van der Waals surface area contributed by atoms with Gasteiger partial charge in [-0.2, -0.15) is 5.10 Å². The van der Waals surface area contributed by atoms with Crippen molar-refractivity contribution in [2.24, 2.45) is 5.73 Å². The summed E-state index contributed by atoms with van der Waals surface area (Å²) < 4.78 is 1.41. The first-order valence-corrected chi connectivity index (χ1v) is 3.79. The van der Waals surface area contributed by atoms with E-state index in [-0.39, 0.29) is 11.5 Å². The topological polar surface area (TPSA) is 106 Å². The fourth-order valence-electron chi connectivity index (χ4n) is 1.01. The maximum Gasteiger partial charge on any atom is 0.184 e. The van der Waals surface area contributed by atoms with Crippen LogP contribution in [-0.2, 0) is 0 Å². The van der Waals surface area contributed by atoms with Crippen LogP contribution in [0.15, 0.2) is 25.0 Å². The number of nitrogens with one attached hydrogen (secondary N) is 1. The van der Waals surface area contributed by atoms with Gasteiger partial charge in [-0.05, 0) is 0 Å². The van der Waals surface area contributed by atoms with Crippen LogP contribution in [0.5, 0.6) is 0 Å². The van der Waals surface area contributed by atoms with Crippen molar-refractivity contribution in [3.05, 3.63) is 30.7 Å². The maximum atomic E-state index is 7.29. The van der Waals surface area contributed by atoms with Crippen LogP contribution in [-0.4, -0.2) is 30.6 Å². The molecule has 0 bridgehead atoms. The molecule has 2 rings (SSSR count). The lowest BCUT2D eigenvalue weighted by Crippen LogP contribution is -2.18. The molecule has 0 aromatic carbocycles. The van der Waals surface area contributed by atoms with Crippen molar-refractivity contribution >= 4 is 5.84 Å². The Kier molecular flexibility index (Phi) is 1.90. The van der Waals surface area contributed by atoms with Gasteiger partial charge in [-0.25, -0.2) is 19.6 Å². The van der Waals surface area contributed by atoms with Crippen LogP contribution in [0.25, 0.3) is 5.82 Å². The lowest BCUT2D eigenvalue weighted by Gasteiger charge is -2.03. The van der Waals surface area contributed by atoms with E-state index in [4.69, 9.17) is 11.1 Å². The average molecular weight is 189 g/mol. The van der Waals surface area contributed by atoms with Gasteiger partial charge in [0.15, 0.2) is 5.82 Å². The first-order chi connectivity index (χ1) is 6.79. The monoisotopic (exact) mass is 189 g/mol. The largest absolute Gasteiger partial charge is 0.382 e. The van der Waals surface area contributed by atoms with Crippen LogP contribution in [0, 0.1) is 5.41 Å². The highest BCUT2D eigenvalue weighted by Crippen LogP contribution is 2.04. The zero-order valence-corrected chi connectivity index (χ0v) is 7.12. The van der Waals surface area contributed by atoms with Crippen LogP contribution in [0.4, 0.5) is 0 Å². The zero-order valence-electron chi connectivity index (χ0n) is 7.12. The number of hydrogen-bond donors (Lipinski definition) is 2. The molecule has 2 aromatic rings. The summed E-state index contributed by atoms with van der Waals surface area (Å²) >= 11 is 0. The standard InChI is InChI=1S/C7H7N7/c8-6(9)5-7(12-2-1-11-5)14-4-10-3-13-14/h1-4H,(H3,8,9). The summed E-state index contributed by atoms with van der Waals surface area (Å²) in [6, 6.07) is 0. The average Bonchev–Trinajstić information content (AvgIpc) is 2.70. The Morgan fingerprint density at radius 3 is 2.79 bits per heavy atom. The van der Waals surface area contributed by atoms with Gasteiger partial charge in [-0.15, -0.1) is 0 Å². The van der Waals surface area contributed by atoms with Crippen molar-refractivity contribution in [2.75, 3.05) is 0 Å². The van der Waals surface area contributed by atoms with Gasteiger partial charge in [-0.1, -0.05) is 0 Å². The van der Waals surface area contributed by atoms with Crippen LogP contribution < -0.4 is 5.73 Å². The Bertz CT molecular complexity index is 447. The highest BCUT2D eigenvalue weighted by Gasteiger charge is 2.09. The van der Waals surface area contributed by atoms with E-state index in [0.29, 0.717) is 5.82 Å². The molecule has 2 aromatic heterocycles. The number of nitrogens with two attached hydrogens (primary N) is 1. The van der Waals surface area contributed by atoms with E-state index in [0.717, 1.165) is 0 Å². The summed E-state index contributed by atoms with van der Waals surface area (Å²) in [6.07, 6.45) is 5.82.